The molecule has 0 aliphatic carbocycles. The van der Waals surface area contributed by atoms with E-state index in [1.807, 2.05) is 13.0 Å². The van der Waals surface area contributed by atoms with Crippen LogP contribution in [0.15, 0.2) is 36.5 Å². The predicted octanol–water partition coefficient (Wildman–Crippen LogP) is 3.14. The van der Waals surface area contributed by atoms with Crippen molar-refractivity contribution in [2.75, 3.05) is 0 Å². The van der Waals surface area contributed by atoms with Crippen LogP contribution in [-0.4, -0.2) is 45.1 Å². The van der Waals surface area contributed by atoms with Crippen LogP contribution >= 0.6 is 0 Å². The van der Waals surface area contributed by atoms with Gasteiger partial charge >= 0.3 is 12.3 Å². The quantitative estimate of drug-likeness (QED) is 0.633. The number of likely N-dealkylation sites (tertiary alicyclic amines) is 1. The van der Waals surface area contributed by atoms with Gasteiger partial charge in [0.2, 0.25) is 11.8 Å². The Morgan fingerprint density at radius 3 is 2.64 bits per heavy atom. The van der Waals surface area contributed by atoms with Gasteiger partial charge in [0.15, 0.2) is 11.5 Å². The van der Waals surface area contributed by atoms with Gasteiger partial charge in [0.05, 0.1) is 5.92 Å². The average molecular weight is 460 g/mol. The Balaban J connectivity index is 1.44. The van der Waals surface area contributed by atoms with Crippen LogP contribution in [0.3, 0.4) is 0 Å². The molecule has 0 spiro atoms. The van der Waals surface area contributed by atoms with Crippen molar-refractivity contribution in [2.45, 2.75) is 51.4 Å². The Bertz CT molecular complexity index is 1120. The Morgan fingerprint density at radius 1 is 1.21 bits per heavy atom. The van der Waals surface area contributed by atoms with Gasteiger partial charge in [0, 0.05) is 18.3 Å². The second-order valence-corrected chi connectivity index (χ2v) is 8.18. The number of imide groups is 1. The topological polar surface area (TPSA) is 106 Å². The molecular formula is C23H22F2N2O6. The van der Waals surface area contributed by atoms with Crippen molar-refractivity contribution in [3.63, 3.8) is 0 Å². The molecule has 2 amide bonds. The molecule has 1 aromatic heterocycles. The van der Waals surface area contributed by atoms with Crippen LogP contribution in [0.2, 0.25) is 0 Å². The molecule has 174 valence electrons. The number of rotatable bonds is 7. The number of benzene rings is 1. The number of halogens is 2. The number of aryl methyl sites for hydroxylation is 1. The molecule has 0 saturated carbocycles. The Morgan fingerprint density at radius 2 is 1.94 bits per heavy atom. The number of ether oxygens (including phenoxy) is 2. The number of carbonyl (C=O) groups is 3. The second-order valence-electron chi connectivity index (χ2n) is 8.18. The number of aliphatic carboxylic acids is 1. The zero-order valence-electron chi connectivity index (χ0n) is 18.0. The lowest BCUT2D eigenvalue weighted by atomic mass is 9.81. The third-order valence-electron chi connectivity index (χ3n) is 5.91. The first-order valence-electron chi connectivity index (χ1n) is 10.5. The number of carboxylic acids is 1. The largest absolute Gasteiger partial charge is 0.586 e. The van der Waals surface area contributed by atoms with Crippen molar-refractivity contribution >= 4 is 17.8 Å². The van der Waals surface area contributed by atoms with E-state index >= 15 is 0 Å². The van der Waals surface area contributed by atoms with Crippen molar-refractivity contribution in [1.82, 2.24) is 9.88 Å². The van der Waals surface area contributed by atoms with Crippen LogP contribution in [0.5, 0.6) is 11.5 Å². The van der Waals surface area contributed by atoms with E-state index < -0.39 is 42.0 Å². The molecule has 3 heterocycles. The highest BCUT2D eigenvalue weighted by molar-refractivity contribution is 6.08. The molecule has 2 aromatic rings. The lowest BCUT2D eigenvalue weighted by molar-refractivity contribution is -0.286. The fraction of sp³-hybridized carbons (Fsp3) is 0.391. The van der Waals surface area contributed by atoms with Gasteiger partial charge < -0.3 is 14.6 Å². The summed E-state index contributed by atoms with van der Waals surface area (Å²) in [6.45, 7) is 3.61. The summed E-state index contributed by atoms with van der Waals surface area (Å²) in [6, 6.07) is 6.47. The maximum Gasteiger partial charge on any atom is 0.586 e. The minimum atomic E-state index is -3.75. The number of hydrogen-bond acceptors (Lipinski definition) is 6. The summed E-state index contributed by atoms with van der Waals surface area (Å²) in [4.78, 5) is 42.4. The molecule has 1 N–H and O–H groups in total. The number of alkyl halides is 2. The van der Waals surface area contributed by atoms with Gasteiger partial charge in [-0.05, 0) is 54.2 Å². The molecule has 0 bridgehead atoms. The van der Waals surface area contributed by atoms with Crippen LogP contribution in [0.25, 0.3) is 0 Å². The van der Waals surface area contributed by atoms with E-state index in [1.54, 1.807) is 19.2 Å². The summed E-state index contributed by atoms with van der Waals surface area (Å²) in [5.74, 6) is -4.02. The molecule has 4 rings (SSSR count). The number of hydrogen-bond donors (Lipinski definition) is 1. The van der Waals surface area contributed by atoms with Gasteiger partial charge in [-0.3, -0.25) is 19.5 Å². The highest BCUT2D eigenvalue weighted by Crippen LogP contribution is 2.42. The third-order valence-corrected chi connectivity index (χ3v) is 5.91. The van der Waals surface area contributed by atoms with E-state index in [1.165, 1.54) is 18.2 Å². The van der Waals surface area contributed by atoms with E-state index in [2.05, 4.69) is 14.5 Å². The fourth-order valence-corrected chi connectivity index (χ4v) is 4.16. The minimum absolute atomic E-state index is 0.115. The van der Waals surface area contributed by atoms with E-state index in [0.29, 0.717) is 12.0 Å². The summed E-state index contributed by atoms with van der Waals surface area (Å²) in [7, 11) is 0. The first kappa shape index (κ1) is 22.6. The summed E-state index contributed by atoms with van der Waals surface area (Å²) in [5.41, 5.74) is 2.13. The lowest BCUT2D eigenvalue weighted by Gasteiger charge is -2.43. The molecule has 0 radical (unpaired) electrons. The molecule has 3 atom stereocenters. The normalized spacial score (nSPS) is 21.5. The van der Waals surface area contributed by atoms with Gasteiger partial charge in [-0.1, -0.05) is 19.9 Å². The van der Waals surface area contributed by atoms with Crippen LogP contribution < -0.4 is 9.47 Å². The van der Waals surface area contributed by atoms with Gasteiger partial charge in [-0.15, -0.1) is 8.78 Å². The molecule has 1 saturated heterocycles. The van der Waals surface area contributed by atoms with Gasteiger partial charge in [-0.25, -0.2) is 4.79 Å². The van der Waals surface area contributed by atoms with Gasteiger partial charge in [0.25, 0.3) is 0 Å². The molecule has 33 heavy (non-hydrogen) atoms. The van der Waals surface area contributed by atoms with Crippen LogP contribution in [-0.2, 0) is 27.2 Å². The molecule has 10 heteroatoms. The minimum Gasteiger partial charge on any atom is -0.480 e. The second kappa shape index (κ2) is 8.42. The van der Waals surface area contributed by atoms with Crippen molar-refractivity contribution in [3.8, 4) is 11.5 Å². The molecule has 1 aromatic carbocycles. The van der Waals surface area contributed by atoms with Crippen molar-refractivity contribution in [1.29, 1.82) is 0 Å². The summed E-state index contributed by atoms with van der Waals surface area (Å²) in [6.07, 6.45) is -1.41. The number of carbonyl (C=O) groups excluding carboxylic acids is 2. The predicted molar refractivity (Wildman–Crippen MR) is 110 cm³/mol. The fourth-order valence-electron chi connectivity index (χ4n) is 4.16. The Kier molecular flexibility index (Phi) is 5.77. The number of carboxylic acid groups (broad SMARTS) is 1. The zero-order chi connectivity index (χ0) is 23.9. The van der Waals surface area contributed by atoms with Gasteiger partial charge in [0.1, 0.15) is 6.04 Å². The smallest absolute Gasteiger partial charge is 0.480 e. The molecular weight excluding hydrogens is 438 g/mol. The number of nitrogens with zero attached hydrogens (tertiary/aromatic N) is 2. The first-order valence-corrected chi connectivity index (χ1v) is 10.5. The zero-order valence-corrected chi connectivity index (χ0v) is 18.0. The molecule has 2 aliphatic heterocycles. The van der Waals surface area contributed by atoms with E-state index in [4.69, 9.17) is 0 Å². The number of amides is 2. The SMILES string of the molecule is CCc1cc(C[C@H]2C(=O)N(C(=O)C[C@H](C)c3ccc4c(c3)OC(F)(F)O4)[C@@H]2C(=O)O)ccn1. The third kappa shape index (κ3) is 4.37. The number of aromatic nitrogens is 1. The van der Waals surface area contributed by atoms with Crippen molar-refractivity contribution in [2.24, 2.45) is 5.92 Å². The monoisotopic (exact) mass is 460 g/mol. The van der Waals surface area contributed by atoms with Crippen LogP contribution in [0.4, 0.5) is 8.78 Å². The first-order chi connectivity index (χ1) is 15.6. The molecule has 0 unspecified atom stereocenters. The maximum atomic E-state index is 13.2. The van der Waals surface area contributed by atoms with E-state index in [9.17, 15) is 28.3 Å². The molecule has 1 fully saturated rings. The summed E-state index contributed by atoms with van der Waals surface area (Å²) < 4.78 is 35.3. The molecule has 2 aliphatic rings. The van der Waals surface area contributed by atoms with Crippen LogP contribution in [0.1, 0.15) is 43.0 Å². The van der Waals surface area contributed by atoms with E-state index in [-0.39, 0.29) is 24.3 Å². The lowest BCUT2D eigenvalue weighted by Crippen LogP contribution is -2.66. The number of pyridine rings is 1. The maximum absolute atomic E-state index is 13.2. The number of fused-ring (bicyclic) bond motifs is 1. The Hall–Kier alpha value is -3.56. The van der Waals surface area contributed by atoms with Crippen molar-refractivity contribution in [3.05, 3.63) is 53.3 Å². The molecule has 8 nitrogen and oxygen atoms in total. The van der Waals surface area contributed by atoms with E-state index in [0.717, 1.165) is 16.2 Å². The highest BCUT2D eigenvalue weighted by atomic mass is 19.3. The highest BCUT2D eigenvalue weighted by Gasteiger charge is 2.54. The standard InChI is InChI=1S/C23H22F2N2O6/c1-3-15-9-13(6-7-26-15)10-16-20(22(30)31)27(21(16)29)19(28)8-12(2)14-4-5-17-18(11-14)33-23(24,25)32-17/h4-7,9,11-12,16,20H,3,8,10H2,1-2H3,(H,30,31)/t12-,16+,20-/m0/s1. The van der Waals surface area contributed by atoms with Crippen LogP contribution in [0, 0.1) is 5.92 Å². The summed E-state index contributed by atoms with van der Waals surface area (Å²) in [5, 5.41) is 9.67. The van der Waals surface area contributed by atoms with Crippen molar-refractivity contribution < 1.29 is 37.7 Å². The average Bonchev–Trinajstić information content (AvgIpc) is 3.07. The Labute approximate surface area is 188 Å². The number of β-lactam (4-membered cyclic amide) rings is 1. The van der Waals surface area contributed by atoms with Gasteiger partial charge in [-0.2, -0.15) is 0 Å². The summed E-state index contributed by atoms with van der Waals surface area (Å²) >= 11 is 0.